The Morgan fingerprint density at radius 1 is 1.27 bits per heavy atom. The lowest BCUT2D eigenvalue weighted by molar-refractivity contribution is -0.120. The topological polar surface area (TPSA) is 57.8 Å². The van der Waals surface area contributed by atoms with Crippen molar-refractivity contribution in [2.45, 2.75) is 50.6 Å². The number of rotatable bonds is 6. The fourth-order valence-corrected chi connectivity index (χ4v) is 2.99. The van der Waals surface area contributed by atoms with Gasteiger partial charge in [0.1, 0.15) is 0 Å². The Morgan fingerprint density at radius 2 is 1.95 bits per heavy atom. The van der Waals surface area contributed by atoms with Crippen molar-refractivity contribution < 1.29 is 4.79 Å². The molecule has 0 radical (unpaired) electrons. The minimum Gasteiger partial charge on any atom is -0.353 e. The Kier molecular flexibility index (Phi) is 5.66. The summed E-state index contributed by atoms with van der Waals surface area (Å²) in [6.07, 6.45) is 0.802. The molecule has 4 nitrogen and oxygen atoms in total. The summed E-state index contributed by atoms with van der Waals surface area (Å²) in [6.45, 7) is 7.85. The second-order valence-electron chi connectivity index (χ2n) is 5.70. The number of benzene rings is 1. The second kappa shape index (κ2) is 7.49. The summed E-state index contributed by atoms with van der Waals surface area (Å²) in [7, 11) is 0. The molecule has 0 fully saturated rings. The highest BCUT2D eigenvalue weighted by Crippen LogP contribution is 2.23. The van der Waals surface area contributed by atoms with Crippen molar-refractivity contribution in [3.05, 3.63) is 47.3 Å². The molecule has 1 aromatic heterocycles. The van der Waals surface area contributed by atoms with Crippen molar-refractivity contribution in [3.8, 4) is 0 Å². The largest absolute Gasteiger partial charge is 0.353 e. The van der Waals surface area contributed by atoms with Crippen LogP contribution in [0.1, 0.15) is 37.7 Å². The van der Waals surface area contributed by atoms with E-state index in [1.165, 1.54) is 17.3 Å². The molecule has 1 atom stereocenters. The van der Waals surface area contributed by atoms with Gasteiger partial charge in [-0.25, -0.2) is 4.98 Å². The number of aromatic amines is 1. The predicted molar refractivity (Wildman–Crippen MR) is 91.2 cm³/mol. The Bertz CT molecular complexity index is 622. The predicted octanol–water partition coefficient (Wildman–Crippen LogP) is 3.31. The van der Waals surface area contributed by atoms with Crippen LogP contribution >= 0.6 is 11.8 Å². The van der Waals surface area contributed by atoms with Crippen LogP contribution in [0.2, 0.25) is 0 Å². The number of carbonyl (C=O) groups is 1. The minimum atomic E-state index is -0.169. The van der Waals surface area contributed by atoms with E-state index >= 15 is 0 Å². The molecule has 0 aliphatic heterocycles. The van der Waals surface area contributed by atoms with Gasteiger partial charge in [0, 0.05) is 18.2 Å². The standard InChI is InChI=1S/C17H23N3OS/c1-11(2)18-16(21)13(4)22-17-19-12(3)15(20-17)10-14-8-6-5-7-9-14/h5-9,11,13H,10H2,1-4H3,(H,18,21)(H,19,20). The molecule has 1 unspecified atom stereocenters. The molecule has 0 saturated carbocycles. The SMILES string of the molecule is Cc1[nH]c(SC(C)C(=O)NC(C)C)nc1Cc1ccccc1. The van der Waals surface area contributed by atoms with Crippen molar-refractivity contribution in [2.24, 2.45) is 0 Å². The van der Waals surface area contributed by atoms with E-state index < -0.39 is 0 Å². The Morgan fingerprint density at radius 3 is 2.59 bits per heavy atom. The molecule has 118 valence electrons. The summed E-state index contributed by atoms with van der Waals surface area (Å²) < 4.78 is 0. The molecule has 0 aliphatic rings. The van der Waals surface area contributed by atoms with Crippen LogP contribution in [-0.4, -0.2) is 27.2 Å². The van der Waals surface area contributed by atoms with Crippen LogP contribution < -0.4 is 5.32 Å². The molecule has 2 rings (SSSR count). The lowest BCUT2D eigenvalue weighted by Gasteiger charge is -2.12. The molecular weight excluding hydrogens is 294 g/mol. The molecular formula is C17H23N3OS. The van der Waals surface area contributed by atoms with Gasteiger partial charge in [0.05, 0.1) is 10.9 Å². The van der Waals surface area contributed by atoms with Gasteiger partial charge in [-0.05, 0) is 33.3 Å². The summed E-state index contributed by atoms with van der Waals surface area (Å²) >= 11 is 1.46. The van der Waals surface area contributed by atoms with Gasteiger partial charge in [-0.3, -0.25) is 4.79 Å². The van der Waals surface area contributed by atoms with Gasteiger partial charge in [0.2, 0.25) is 5.91 Å². The molecule has 22 heavy (non-hydrogen) atoms. The normalized spacial score (nSPS) is 12.4. The number of hydrogen-bond donors (Lipinski definition) is 2. The first-order chi connectivity index (χ1) is 10.5. The highest BCUT2D eigenvalue weighted by atomic mass is 32.2. The van der Waals surface area contributed by atoms with E-state index in [0.29, 0.717) is 0 Å². The third-order valence-electron chi connectivity index (χ3n) is 3.27. The van der Waals surface area contributed by atoms with E-state index in [-0.39, 0.29) is 17.2 Å². The Labute approximate surface area is 136 Å². The molecule has 0 aliphatic carbocycles. The number of imidazole rings is 1. The van der Waals surface area contributed by atoms with Crippen LogP contribution in [0, 0.1) is 6.92 Å². The first-order valence-corrected chi connectivity index (χ1v) is 8.40. The van der Waals surface area contributed by atoms with Gasteiger partial charge in [0.25, 0.3) is 0 Å². The third-order valence-corrected chi connectivity index (χ3v) is 4.25. The van der Waals surface area contributed by atoms with Gasteiger partial charge in [-0.1, -0.05) is 42.1 Å². The van der Waals surface area contributed by atoms with Crippen LogP contribution in [0.3, 0.4) is 0 Å². The average molecular weight is 317 g/mol. The van der Waals surface area contributed by atoms with Gasteiger partial charge < -0.3 is 10.3 Å². The highest BCUT2D eigenvalue weighted by Gasteiger charge is 2.17. The maximum Gasteiger partial charge on any atom is 0.233 e. The van der Waals surface area contributed by atoms with Crippen molar-refractivity contribution in [1.82, 2.24) is 15.3 Å². The van der Waals surface area contributed by atoms with Gasteiger partial charge in [-0.15, -0.1) is 0 Å². The first kappa shape index (κ1) is 16.6. The Hall–Kier alpha value is -1.75. The summed E-state index contributed by atoms with van der Waals surface area (Å²) in [5.74, 6) is 0.0404. The van der Waals surface area contributed by atoms with E-state index in [1.807, 2.05) is 45.9 Å². The minimum absolute atomic E-state index is 0.0404. The number of nitrogens with zero attached hydrogens (tertiary/aromatic N) is 1. The Balaban J connectivity index is 2.02. The molecule has 0 spiro atoms. The molecule has 1 aromatic carbocycles. The number of aromatic nitrogens is 2. The number of aryl methyl sites for hydroxylation is 1. The number of carbonyl (C=O) groups excluding carboxylic acids is 1. The van der Waals surface area contributed by atoms with E-state index in [9.17, 15) is 4.79 Å². The first-order valence-electron chi connectivity index (χ1n) is 7.52. The summed E-state index contributed by atoms with van der Waals surface area (Å²) in [6, 6.07) is 10.4. The maximum absolute atomic E-state index is 12.0. The number of amides is 1. The molecule has 5 heteroatoms. The van der Waals surface area contributed by atoms with Crippen molar-refractivity contribution in [3.63, 3.8) is 0 Å². The fourth-order valence-electron chi connectivity index (χ4n) is 2.11. The average Bonchev–Trinajstić information content (AvgIpc) is 2.79. The van der Waals surface area contributed by atoms with E-state index in [4.69, 9.17) is 0 Å². The van der Waals surface area contributed by atoms with Crippen LogP contribution in [-0.2, 0) is 11.2 Å². The monoisotopic (exact) mass is 317 g/mol. The quantitative estimate of drug-likeness (QED) is 0.804. The second-order valence-corrected chi connectivity index (χ2v) is 7.03. The third kappa shape index (κ3) is 4.63. The zero-order valence-corrected chi connectivity index (χ0v) is 14.3. The molecule has 2 N–H and O–H groups in total. The molecule has 1 heterocycles. The summed E-state index contributed by atoms with van der Waals surface area (Å²) in [5.41, 5.74) is 3.33. The number of hydrogen-bond acceptors (Lipinski definition) is 3. The van der Waals surface area contributed by atoms with Crippen LogP contribution in [0.5, 0.6) is 0 Å². The number of nitrogens with one attached hydrogen (secondary N) is 2. The van der Waals surface area contributed by atoms with Crippen molar-refractivity contribution >= 4 is 17.7 Å². The fraction of sp³-hybridized carbons (Fsp3) is 0.412. The van der Waals surface area contributed by atoms with Gasteiger partial charge in [-0.2, -0.15) is 0 Å². The van der Waals surface area contributed by atoms with Crippen LogP contribution in [0.15, 0.2) is 35.5 Å². The van der Waals surface area contributed by atoms with E-state index in [2.05, 4.69) is 27.4 Å². The molecule has 2 aromatic rings. The number of thioether (sulfide) groups is 1. The highest BCUT2D eigenvalue weighted by molar-refractivity contribution is 8.00. The smallest absolute Gasteiger partial charge is 0.233 e. The van der Waals surface area contributed by atoms with Crippen molar-refractivity contribution in [1.29, 1.82) is 0 Å². The zero-order valence-electron chi connectivity index (χ0n) is 13.5. The summed E-state index contributed by atoms with van der Waals surface area (Å²) in [4.78, 5) is 19.9. The van der Waals surface area contributed by atoms with Gasteiger partial charge in [0.15, 0.2) is 5.16 Å². The molecule has 1 amide bonds. The van der Waals surface area contributed by atoms with Crippen molar-refractivity contribution in [2.75, 3.05) is 0 Å². The summed E-state index contributed by atoms with van der Waals surface area (Å²) in [5, 5.41) is 3.55. The zero-order chi connectivity index (χ0) is 16.1. The maximum atomic E-state index is 12.0. The molecule has 0 bridgehead atoms. The van der Waals surface area contributed by atoms with Crippen LogP contribution in [0.25, 0.3) is 0 Å². The number of H-pyrrole nitrogens is 1. The molecule has 0 saturated heterocycles. The van der Waals surface area contributed by atoms with E-state index in [0.717, 1.165) is 23.0 Å². The lowest BCUT2D eigenvalue weighted by Crippen LogP contribution is -2.35. The van der Waals surface area contributed by atoms with E-state index in [1.54, 1.807) is 0 Å². The van der Waals surface area contributed by atoms with Crippen LogP contribution in [0.4, 0.5) is 0 Å². The lowest BCUT2D eigenvalue weighted by atomic mass is 10.1. The van der Waals surface area contributed by atoms with Gasteiger partial charge >= 0.3 is 0 Å².